The Morgan fingerprint density at radius 2 is 2.12 bits per heavy atom. The molecular formula is C12H20N4. The van der Waals surface area contributed by atoms with E-state index >= 15 is 0 Å². The molecule has 1 fully saturated rings. The van der Waals surface area contributed by atoms with Crippen molar-refractivity contribution in [2.75, 3.05) is 32.6 Å². The molecule has 2 heterocycles. The summed E-state index contributed by atoms with van der Waals surface area (Å²) in [4.78, 5) is 13.4. The van der Waals surface area contributed by atoms with Crippen molar-refractivity contribution in [3.63, 3.8) is 0 Å². The molecule has 1 aliphatic heterocycles. The Kier molecular flexibility index (Phi) is 3.10. The Morgan fingerprint density at radius 3 is 2.69 bits per heavy atom. The van der Waals surface area contributed by atoms with E-state index in [1.54, 1.807) is 0 Å². The third kappa shape index (κ3) is 2.16. The van der Waals surface area contributed by atoms with Crippen LogP contribution in [-0.4, -0.2) is 42.6 Å². The van der Waals surface area contributed by atoms with Crippen molar-refractivity contribution in [1.82, 2.24) is 14.9 Å². The largest absolute Gasteiger partial charge is 0.363 e. The molecule has 1 saturated heterocycles. The minimum absolute atomic E-state index is 0.473. The van der Waals surface area contributed by atoms with Crippen LogP contribution in [0.5, 0.6) is 0 Å². The summed E-state index contributed by atoms with van der Waals surface area (Å²) in [6, 6.07) is 2.58. The molecule has 0 amide bonds. The van der Waals surface area contributed by atoms with E-state index in [1.807, 2.05) is 25.9 Å². The standard InChI is InChI=1S/C12H20N4/c1-9-13-10(8-12(14-9)15(2)3)11-6-5-7-16(11)4/h8,11H,5-7H2,1-4H3. The van der Waals surface area contributed by atoms with Gasteiger partial charge in [-0.2, -0.15) is 0 Å². The van der Waals surface area contributed by atoms with Crippen LogP contribution in [0.2, 0.25) is 0 Å². The third-order valence-corrected chi connectivity index (χ3v) is 3.16. The molecule has 1 atom stereocenters. The van der Waals surface area contributed by atoms with Gasteiger partial charge >= 0.3 is 0 Å². The smallest absolute Gasteiger partial charge is 0.132 e. The number of aryl methyl sites for hydroxylation is 1. The number of likely N-dealkylation sites (tertiary alicyclic amines) is 1. The summed E-state index contributed by atoms with van der Waals surface area (Å²) >= 11 is 0. The van der Waals surface area contributed by atoms with Crippen LogP contribution in [0, 0.1) is 6.92 Å². The van der Waals surface area contributed by atoms with Gasteiger partial charge in [-0.1, -0.05) is 0 Å². The monoisotopic (exact) mass is 220 g/mol. The van der Waals surface area contributed by atoms with Crippen molar-refractivity contribution < 1.29 is 0 Å². The average Bonchev–Trinajstić information content (AvgIpc) is 2.63. The van der Waals surface area contributed by atoms with Gasteiger partial charge in [-0.25, -0.2) is 9.97 Å². The molecule has 16 heavy (non-hydrogen) atoms. The van der Waals surface area contributed by atoms with Gasteiger partial charge in [0.1, 0.15) is 11.6 Å². The molecule has 1 aliphatic rings. The van der Waals surface area contributed by atoms with Crippen LogP contribution >= 0.6 is 0 Å². The maximum atomic E-state index is 4.57. The van der Waals surface area contributed by atoms with Crippen molar-refractivity contribution in [2.24, 2.45) is 0 Å². The number of hydrogen-bond donors (Lipinski definition) is 0. The number of nitrogens with zero attached hydrogens (tertiary/aromatic N) is 4. The number of aromatic nitrogens is 2. The summed E-state index contributed by atoms with van der Waals surface area (Å²) in [5, 5.41) is 0. The summed E-state index contributed by atoms with van der Waals surface area (Å²) in [6.45, 7) is 3.14. The molecule has 1 aromatic heterocycles. The van der Waals surface area contributed by atoms with E-state index in [1.165, 1.54) is 19.4 Å². The van der Waals surface area contributed by atoms with Crippen LogP contribution in [-0.2, 0) is 0 Å². The number of hydrogen-bond acceptors (Lipinski definition) is 4. The van der Waals surface area contributed by atoms with Gasteiger partial charge in [0.15, 0.2) is 0 Å². The molecule has 0 bridgehead atoms. The molecule has 0 aromatic carbocycles. The fourth-order valence-electron chi connectivity index (χ4n) is 2.26. The Hall–Kier alpha value is -1.16. The SMILES string of the molecule is Cc1nc(C2CCCN2C)cc(N(C)C)n1. The Labute approximate surface area is 97.3 Å². The molecule has 0 spiro atoms. The predicted octanol–water partition coefficient (Wildman–Crippen LogP) is 1.62. The van der Waals surface area contributed by atoms with Crippen molar-refractivity contribution in [1.29, 1.82) is 0 Å². The second-order valence-electron chi connectivity index (χ2n) is 4.73. The highest BCUT2D eigenvalue weighted by atomic mass is 15.2. The van der Waals surface area contributed by atoms with Crippen molar-refractivity contribution in [3.8, 4) is 0 Å². The van der Waals surface area contributed by atoms with Crippen LogP contribution in [0.1, 0.15) is 30.4 Å². The van der Waals surface area contributed by atoms with Crippen molar-refractivity contribution in [3.05, 3.63) is 17.6 Å². The van der Waals surface area contributed by atoms with Gasteiger partial charge in [-0.05, 0) is 33.4 Å². The first-order chi connectivity index (χ1) is 7.58. The summed E-state index contributed by atoms with van der Waals surface area (Å²) in [7, 11) is 6.21. The molecule has 0 saturated carbocycles. The van der Waals surface area contributed by atoms with Crippen LogP contribution in [0.15, 0.2) is 6.07 Å². The first kappa shape index (κ1) is 11.3. The van der Waals surface area contributed by atoms with Gasteiger partial charge in [-0.3, -0.25) is 4.90 Å². The highest BCUT2D eigenvalue weighted by Crippen LogP contribution is 2.30. The third-order valence-electron chi connectivity index (χ3n) is 3.16. The maximum Gasteiger partial charge on any atom is 0.132 e. The van der Waals surface area contributed by atoms with Crippen LogP contribution < -0.4 is 4.90 Å². The molecule has 0 aliphatic carbocycles. The second kappa shape index (κ2) is 4.37. The zero-order valence-electron chi connectivity index (χ0n) is 10.6. The lowest BCUT2D eigenvalue weighted by Gasteiger charge is -2.21. The van der Waals surface area contributed by atoms with Gasteiger partial charge < -0.3 is 4.90 Å². The Morgan fingerprint density at radius 1 is 1.38 bits per heavy atom. The minimum atomic E-state index is 0.473. The zero-order chi connectivity index (χ0) is 11.7. The second-order valence-corrected chi connectivity index (χ2v) is 4.73. The van der Waals surface area contributed by atoms with Crippen molar-refractivity contribution in [2.45, 2.75) is 25.8 Å². The summed E-state index contributed by atoms with van der Waals surface area (Å²) in [6.07, 6.45) is 2.47. The average molecular weight is 220 g/mol. The van der Waals surface area contributed by atoms with Gasteiger partial charge in [0.2, 0.25) is 0 Å². The topological polar surface area (TPSA) is 32.3 Å². The quantitative estimate of drug-likeness (QED) is 0.758. The van der Waals surface area contributed by atoms with E-state index in [-0.39, 0.29) is 0 Å². The highest BCUT2D eigenvalue weighted by molar-refractivity contribution is 5.38. The van der Waals surface area contributed by atoms with Crippen molar-refractivity contribution >= 4 is 5.82 Å². The highest BCUT2D eigenvalue weighted by Gasteiger charge is 2.24. The molecule has 2 rings (SSSR count). The lowest BCUT2D eigenvalue weighted by atomic mass is 10.1. The fraction of sp³-hybridized carbons (Fsp3) is 0.667. The number of anilines is 1. The van der Waals surface area contributed by atoms with Gasteiger partial charge in [-0.15, -0.1) is 0 Å². The minimum Gasteiger partial charge on any atom is -0.363 e. The van der Waals surface area contributed by atoms with E-state index < -0.39 is 0 Å². The van der Waals surface area contributed by atoms with E-state index in [0.29, 0.717) is 6.04 Å². The summed E-state index contributed by atoms with van der Waals surface area (Å²) in [5.41, 5.74) is 1.16. The normalized spacial score (nSPS) is 21.4. The van der Waals surface area contributed by atoms with E-state index in [0.717, 1.165) is 17.3 Å². The van der Waals surface area contributed by atoms with E-state index in [9.17, 15) is 0 Å². The maximum absolute atomic E-state index is 4.57. The molecule has 0 radical (unpaired) electrons. The molecule has 4 heteroatoms. The lowest BCUT2D eigenvalue weighted by Crippen LogP contribution is -2.20. The summed E-state index contributed by atoms with van der Waals surface area (Å²) < 4.78 is 0. The zero-order valence-corrected chi connectivity index (χ0v) is 10.6. The first-order valence-corrected chi connectivity index (χ1v) is 5.81. The van der Waals surface area contributed by atoms with Gasteiger partial charge in [0, 0.05) is 20.2 Å². The molecule has 1 unspecified atom stereocenters. The molecular weight excluding hydrogens is 200 g/mol. The van der Waals surface area contributed by atoms with Crippen LogP contribution in [0.3, 0.4) is 0 Å². The number of rotatable bonds is 2. The van der Waals surface area contributed by atoms with E-state index in [4.69, 9.17) is 0 Å². The molecule has 0 N–H and O–H groups in total. The first-order valence-electron chi connectivity index (χ1n) is 5.81. The Bertz CT molecular complexity index is 375. The molecule has 4 nitrogen and oxygen atoms in total. The molecule has 1 aromatic rings. The predicted molar refractivity (Wildman–Crippen MR) is 65.7 cm³/mol. The Balaban J connectivity index is 2.33. The summed E-state index contributed by atoms with van der Waals surface area (Å²) in [5.74, 6) is 1.87. The van der Waals surface area contributed by atoms with E-state index in [2.05, 4.69) is 28.0 Å². The van der Waals surface area contributed by atoms with Crippen LogP contribution in [0.4, 0.5) is 5.82 Å². The fourth-order valence-corrected chi connectivity index (χ4v) is 2.26. The van der Waals surface area contributed by atoms with Gasteiger partial charge in [0.25, 0.3) is 0 Å². The molecule has 88 valence electrons. The van der Waals surface area contributed by atoms with Gasteiger partial charge in [0.05, 0.1) is 11.7 Å². The lowest BCUT2D eigenvalue weighted by molar-refractivity contribution is 0.311. The van der Waals surface area contributed by atoms with Crippen LogP contribution in [0.25, 0.3) is 0 Å².